The van der Waals surface area contributed by atoms with Crippen molar-refractivity contribution in [3.63, 3.8) is 0 Å². The summed E-state index contributed by atoms with van der Waals surface area (Å²) in [5.41, 5.74) is 10.1. The molecule has 76 valence electrons. The normalized spacial score (nSPS) is 10.9. The highest BCUT2D eigenvalue weighted by Crippen LogP contribution is 2.42. The van der Waals surface area contributed by atoms with Crippen LogP contribution in [0.15, 0.2) is 0 Å². The van der Waals surface area contributed by atoms with Crippen LogP contribution in [0.4, 0.5) is 0 Å². The summed E-state index contributed by atoms with van der Waals surface area (Å²) in [7, 11) is -3.89. The predicted molar refractivity (Wildman–Crippen MR) is 47.1 cm³/mol. The molecule has 0 aromatic heterocycles. The van der Waals surface area contributed by atoms with Gasteiger partial charge in [-0.3, -0.25) is 9.05 Å². The molecule has 0 aliphatic carbocycles. The molecular weight excluding hydrogens is 206 g/mol. The lowest BCUT2D eigenvalue weighted by molar-refractivity contribution is 0.156. The number of nitrogens with two attached hydrogens (primary N) is 2. The molecule has 0 rings (SSSR count). The van der Waals surface area contributed by atoms with Gasteiger partial charge in [-0.1, -0.05) is 0 Å². The lowest BCUT2D eigenvalue weighted by Crippen LogP contribution is -2.11. The zero-order valence-electron chi connectivity index (χ0n) is 6.51. The van der Waals surface area contributed by atoms with Gasteiger partial charge in [-0.25, -0.2) is 4.57 Å². The molecule has 6 nitrogen and oxygen atoms in total. The second-order valence-corrected chi connectivity index (χ2v) is 3.17. The van der Waals surface area contributed by atoms with Crippen molar-refractivity contribution in [2.75, 3.05) is 26.3 Å². The van der Waals surface area contributed by atoms with Gasteiger partial charge in [-0.2, -0.15) is 0 Å². The van der Waals surface area contributed by atoms with Gasteiger partial charge in [0.05, 0.1) is 13.2 Å². The average molecular weight is 221 g/mol. The molecule has 0 saturated heterocycles. The summed E-state index contributed by atoms with van der Waals surface area (Å²) in [6.45, 7) is 0.351. The van der Waals surface area contributed by atoms with Gasteiger partial charge in [-0.05, 0) is 0 Å². The molecule has 0 fully saturated rings. The van der Waals surface area contributed by atoms with E-state index in [1.54, 1.807) is 0 Å². The van der Waals surface area contributed by atoms with Crippen molar-refractivity contribution < 1.29 is 18.5 Å². The number of halogens is 1. The maximum atomic E-state index is 10.7. The van der Waals surface area contributed by atoms with E-state index in [0.29, 0.717) is 0 Å². The quantitative estimate of drug-likeness (QED) is 0.519. The SMILES string of the molecule is Cl.NCCOP(=O)(O)OCCN. The van der Waals surface area contributed by atoms with Gasteiger partial charge in [0, 0.05) is 13.1 Å². The van der Waals surface area contributed by atoms with Crippen molar-refractivity contribution in [3.8, 4) is 0 Å². The lowest BCUT2D eigenvalue weighted by Gasteiger charge is -2.09. The third-order valence-corrected chi connectivity index (χ3v) is 1.76. The van der Waals surface area contributed by atoms with Crippen LogP contribution in [0.2, 0.25) is 0 Å². The first-order valence-electron chi connectivity index (χ1n) is 3.14. The first kappa shape index (κ1) is 14.8. The molecule has 0 atom stereocenters. The number of phosphoric acid groups is 1. The Morgan fingerprint density at radius 3 is 1.75 bits per heavy atom. The minimum Gasteiger partial charge on any atom is -0.328 e. The van der Waals surface area contributed by atoms with E-state index in [2.05, 4.69) is 9.05 Å². The molecule has 0 aromatic carbocycles. The Hall–Kier alpha value is 0.320. The topological polar surface area (TPSA) is 108 Å². The molecule has 0 amide bonds. The van der Waals surface area contributed by atoms with Crippen molar-refractivity contribution in [1.82, 2.24) is 0 Å². The smallest absolute Gasteiger partial charge is 0.328 e. The van der Waals surface area contributed by atoms with E-state index in [1.807, 2.05) is 0 Å². The van der Waals surface area contributed by atoms with Crippen molar-refractivity contribution in [2.45, 2.75) is 0 Å². The molecule has 0 spiro atoms. The average Bonchev–Trinajstić information content (AvgIpc) is 1.97. The van der Waals surface area contributed by atoms with Crippen LogP contribution in [0, 0.1) is 0 Å². The Morgan fingerprint density at radius 2 is 1.50 bits per heavy atom. The van der Waals surface area contributed by atoms with Crippen LogP contribution in [-0.4, -0.2) is 31.2 Å². The molecule has 0 heterocycles. The fourth-order valence-corrected chi connectivity index (χ4v) is 1.12. The zero-order chi connectivity index (χ0) is 8.74. The second kappa shape index (κ2) is 7.94. The van der Waals surface area contributed by atoms with E-state index < -0.39 is 7.82 Å². The largest absolute Gasteiger partial charge is 0.472 e. The summed E-state index contributed by atoms with van der Waals surface area (Å²) in [6, 6.07) is 0. The Kier molecular flexibility index (Phi) is 9.81. The monoisotopic (exact) mass is 220 g/mol. The molecule has 12 heavy (non-hydrogen) atoms. The van der Waals surface area contributed by atoms with Crippen LogP contribution in [0.3, 0.4) is 0 Å². The standard InChI is InChI=1S/C4H13N2O4P.ClH/c5-1-3-9-11(7,8)10-4-2-6;/h1-6H2,(H,7,8);1H. The van der Waals surface area contributed by atoms with Crippen molar-refractivity contribution >= 4 is 20.2 Å². The van der Waals surface area contributed by atoms with E-state index in [1.165, 1.54) is 0 Å². The minimum atomic E-state index is -3.89. The van der Waals surface area contributed by atoms with Gasteiger partial charge in [-0.15, -0.1) is 12.4 Å². The first-order chi connectivity index (χ1) is 5.12. The van der Waals surface area contributed by atoms with Gasteiger partial charge in [0.25, 0.3) is 0 Å². The van der Waals surface area contributed by atoms with E-state index >= 15 is 0 Å². The van der Waals surface area contributed by atoms with Crippen molar-refractivity contribution in [1.29, 1.82) is 0 Å². The van der Waals surface area contributed by atoms with E-state index in [9.17, 15) is 4.57 Å². The van der Waals surface area contributed by atoms with Gasteiger partial charge < -0.3 is 16.4 Å². The van der Waals surface area contributed by atoms with Crippen LogP contribution in [-0.2, 0) is 13.6 Å². The highest BCUT2D eigenvalue weighted by Gasteiger charge is 2.19. The number of hydrogen-bond acceptors (Lipinski definition) is 5. The molecule has 0 aliphatic rings. The van der Waals surface area contributed by atoms with E-state index in [0.717, 1.165) is 0 Å². The van der Waals surface area contributed by atoms with E-state index in [4.69, 9.17) is 16.4 Å². The van der Waals surface area contributed by atoms with Crippen molar-refractivity contribution in [2.24, 2.45) is 11.5 Å². The highest BCUT2D eigenvalue weighted by atomic mass is 35.5. The van der Waals surface area contributed by atoms with Gasteiger partial charge in [0.15, 0.2) is 0 Å². The first-order valence-corrected chi connectivity index (χ1v) is 4.64. The third kappa shape index (κ3) is 8.42. The van der Waals surface area contributed by atoms with Gasteiger partial charge >= 0.3 is 7.82 Å². The molecule has 0 aliphatic heterocycles. The Balaban J connectivity index is 0. The molecule has 0 aromatic rings. The maximum Gasteiger partial charge on any atom is 0.472 e. The molecule has 0 unspecified atom stereocenters. The number of hydrogen-bond donors (Lipinski definition) is 3. The number of rotatable bonds is 6. The summed E-state index contributed by atoms with van der Waals surface area (Å²) in [5.74, 6) is 0. The van der Waals surface area contributed by atoms with Crippen LogP contribution < -0.4 is 11.5 Å². The van der Waals surface area contributed by atoms with Crippen LogP contribution >= 0.6 is 20.2 Å². The summed E-state index contributed by atoms with van der Waals surface area (Å²) in [6.07, 6.45) is 0. The number of phosphoric ester groups is 1. The summed E-state index contributed by atoms with van der Waals surface area (Å²) in [4.78, 5) is 8.78. The molecule has 8 heteroatoms. The minimum absolute atomic E-state index is 0. The molecule has 0 radical (unpaired) electrons. The maximum absolute atomic E-state index is 10.7. The third-order valence-electron chi connectivity index (χ3n) is 0.745. The van der Waals surface area contributed by atoms with Crippen LogP contribution in [0.1, 0.15) is 0 Å². The Morgan fingerprint density at radius 1 is 1.17 bits per heavy atom. The van der Waals surface area contributed by atoms with E-state index in [-0.39, 0.29) is 38.7 Å². The summed E-state index contributed by atoms with van der Waals surface area (Å²) < 4.78 is 19.5. The molecule has 5 N–H and O–H groups in total. The summed E-state index contributed by atoms with van der Waals surface area (Å²) in [5, 5.41) is 0. The fraction of sp³-hybridized carbons (Fsp3) is 1.00. The Bertz CT molecular complexity index is 135. The Labute approximate surface area is 77.2 Å². The van der Waals surface area contributed by atoms with Gasteiger partial charge in [0.2, 0.25) is 0 Å². The van der Waals surface area contributed by atoms with Crippen LogP contribution in [0.5, 0.6) is 0 Å². The van der Waals surface area contributed by atoms with Gasteiger partial charge in [0.1, 0.15) is 0 Å². The predicted octanol–water partition coefficient (Wildman–Crippen LogP) is -0.541. The lowest BCUT2D eigenvalue weighted by atomic mass is 10.8. The summed E-state index contributed by atoms with van der Waals surface area (Å²) >= 11 is 0. The van der Waals surface area contributed by atoms with Crippen molar-refractivity contribution in [3.05, 3.63) is 0 Å². The fourth-order valence-electron chi connectivity index (χ4n) is 0.373. The molecule has 0 bridgehead atoms. The molecule has 0 saturated carbocycles. The zero-order valence-corrected chi connectivity index (χ0v) is 8.22. The molecular formula is C4H14ClN2O4P. The highest BCUT2D eigenvalue weighted by molar-refractivity contribution is 7.47. The second-order valence-electron chi connectivity index (χ2n) is 1.71. The van der Waals surface area contributed by atoms with Crippen LogP contribution in [0.25, 0.3) is 0 Å².